The lowest BCUT2D eigenvalue weighted by Gasteiger charge is -2.27. The Morgan fingerprint density at radius 2 is 1.79 bits per heavy atom. The van der Waals surface area contributed by atoms with Crippen molar-refractivity contribution in [2.24, 2.45) is 5.73 Å². The number of benzene rings is 2. The zero-order valence-corrected chi connectivity index (χ0v) is 20.3. The van der Waals surface area contributed by atoms with Gasteiger partial charge in [-0.25, -0.2) is 8.42 Å². The SMILES string of the molecule is N#CC1(NC(=O)C2CC(S(=O)(=O)c3ccccc3Cl)CN2C(=O)C(N)c2ccc(Cl)cc2)CC1. The Morgan fingerprint density at radius 1 is 1.15 bits per heavy atom. The second-order valence-electron chi connectivity index (χ2n) is 8.55. The fourth-order valence-electron chi connectivity index (χ4n) is 4.07. The predicted octanol–water partition coefficient (Wildman–Crippen LogP) is 2.61. The summed E-state index contributed by atoms with van der Waals surface area (Å²) in [6.07, 6.45) is 0.864. The summed E-state index contributed by atoms with van der Waals surface area (Å²) in [4.78, 5) is 27.6. The number of halogens is 2. The minimum Gasteiger partial charge on any atom is -0.336 e. The first-order valence-corrected chi connectivity index (χ1v) is 12.9. The van der Waals surface area contributed by atoms with E-state index in [1.165, 1.54) is 17.0 Å². The van der Waals surface area contributed by atoms with Crippen LogP contribution in [0.25, 0.3) is 0 Å². The van der Waals surface area contributed by atoms with Crippen LogP contribution in [0.1, 0.15) is 30.9 Å². The van der Waals surface area contributed by atoms with Gasteiger partial charge in [0.25, 0.3) is 0 Å². The number of likely N-dealkylation sites (tertiary alicyclic amines) is 1. The number of carbonyl (C=O) groups excluding carboxylic acids is 2. The van der Waals surface area contributed by atoms with Crippen LogP contribution in [0.3, 0.4) is 0 Å². The van der Waals surface area contributed by atoms with E-state index in [4.69, 9.17) is 28.9 Å². The van der Waals surface area contributed by atoms with Gasteiger partial charge >= 0.3 is 0 Å². The number of rotatable bonds is 6. The molecule has 1 aliphatic carbocycles. The Bertz CT molecular complexity index is 1270. The van der Waals surface area contributed by atoms with E-state index < -0.39 is 44.5 Å². The summed E-state index contributed by atoms with van der Waals surface area (Å²) in [5.74, 6) is -1.17. The van der Waals surface area contributed by atoms with Crippen molar-refractivity contribution in [1.82, 2.24) is 10.2 Å². The highest BCUT2D eigenvalue weighted by Crippen LogP contribution is 2.37. The van der Waals surface area contributed by atoms with Gasteiger partial charge < -0.3 is 16.0 Å². The third-order valence-electron chi connectivity index (χ3n) is 6.25. The fraction of sp³-hybridized carbons (Fsp3) is 0.348. The summed E-state index contributed by atoms with van der Waals surface area (Å²) in [7, 11) is -3.96. The van der Waals surface area contributed by atoms with Gasteiger partial charge in [0.05, 0.1) is 21.2 Å². The first-order valence-electron chi connectivity index (χ1n) is 10.6. The van der Waals surface area contributed by atoms with Crippen molar-refractivity contribution < 1.29 is 18.0 Å². The minimum atomic E-state index is -3.96. The van der Waals surface area contributed by atoms with E-state index in [2.05, 4.69) is 11.4 Å². The largest absolute Gasteiger partial charge is 0.336 e. The summed E-state index contributed by atoms with van der Waals surface area (Å²) >= 11 is 12.1. The average molecular weight is 521 g/mol. The summed E-state index contributed by atoms with van der Waals surface area (Å²) in [5.41, 5.74) is 5.70. The number of nitrogens with zero attached hydrogens (tertiary/aromatic N) is 2. The zero-order chi connectivity index (χ0) is 24.7. The molecule has 0 radical (unpaired) electrons. The summed E-state index contributed by atoms with van der Waals surface area (Å²) in [6.45, 7) is -0.231. The quantitative estimate of drug-likeness (QED) is 0.601. The van der Waals surface area contributed by atoms with E-state index in [9.17, 15) is 23.3 Å². The molecule has 3 N–H and O–H groups in total. The van der Waals surface area contributed by atoms with Gasteiger partial charge in [-0.3, -0.25) is 9.59 Å². The Labute approximate surface area is 207 Å². The molecular weight excluding hydrogens is 499 g/mol. The molecule has 1 heterocycles. The Hall–Kier alpha value is -2.64. The van der Waals surface area contributed by atoms with Crippen molar-refractivity contribution in [3.63, 3.8) is 0 Å². The molecule has 11 heteroatoms. The third kappa shape index (κ3) is 4.64. The molecule has 2 aromatic carbocycles. The molecule has 3 atom stereocenters. The summed E-state index contributed by atoms with van der Waals surface area (Å²) in [6, 6.07) is 12.3. The van der Waals surface area contributed by atoms with Gasteiger partial charge in [-0.15, -0.1) is 0 Å². The standard InChI is InChI=1S/C23H22Cl2N4O4S/c24-15-7-5-14(6-8-15)20(27)22(31)29-12-16(34(32,33)19-4-2-1-3-17(19)25)11-18(29)21(30)28-23(13-26)9-10-23/h1-8,16,18,20H,9-12,27H2,(H,28,30). The average Bonchev–Trinajstić information content (AvgIpc) is 3.43. The number of carbonyl (C=O) groups is 2. The van der Waals surface area contributed by atoms with Crippen LogP contribution in [0, 0.1) is 11.3 Å². The van der Waals surface area contributed by atoms with Crippen LogP contribution in [-0.4, -0.2) is 48.5 Å². The number of hydrogen-bond acceptors (Lipinski definition) is 6. The molecule has 2 amide bonds. The Morgan fingerprint density at radius 3 is 2.38 bits per heavy atom. The highest BCUT2D eigenvalue weighted by Gasteiger charge is 2.51. The van der Waals surface area contributed by atoms with Crippen molar-refractivity contribution in [2.45, 2.75) is 47.0 Å². The maximum absolute atomic E-state index is 13.4. The van der Waals surface area contributed by atoms with Crippen LogP contribution in [0.2, 0.25) is 10.0 Å². The molecule has 4 rings (SSSR count). The Kier molecular flexibility index (Phi) is 6.62. The number of amides is 2. The van der Waals surface area contributed by atoms with Gasteiger partial charge in [0.15, 0.2) is 9.84 Å². The van der Waals surface area contributed by atoms with Crippen LogP contribution in [0.5, 0.6) is 0 Å². The molecule has 2 aliphatic rings. The number of sulfone groups is 1. The highest BCUT2D eigenvalue weighted by molar-refractivity contribution is 7.92. The van der Waals surface area contributed by atoms with Crippen molar-refractivity contribution in [1.29, 1.82) is 5.26 Å². The maximum Gasteiger partial charge on any atom is 0.244 e. The van der Waals surface area contributed by atoms with E-state index in [0.717, 1.165) is 0 Å². The van der Waals surface area contributed by atoms with Crippen molar-refractivity contribution in [3.8, 4) is 6.07 Å². The molecule has 0 aromatic heterocycles. The molecular formula is C23H22Cl2N4O4S. The molecule has 3 unspecified atom stereocenters. The first kappa shape index (κ1) is 24.5. The van der Waals surface area contributed by atoms with E-state index in [1.54, 1.807) is 36.4 Å². The maximum atomic E-state index is 13.4. The lowest BCUT2D eigenvalue weighted by Crippen LogP contribution is -2.51. The minimum absolute atomic E-state index is 0.0622. The molecule has 2 aromatic rings. The monoisotopic (exact) mass is 520 g/mol. The topological polar surface area (TPSA) is 133 Å². The highest BCUT2D eigenvalue weighted by atomic mass is 35.5. The van der Waals surface area contributed by atoms with E-state index in [0.29, 0.717) is 23.4 Å². The predicted molar refractivity (Wildman–Crippen MR) is 127 cm³/mol. The van der Waals surface area contributed by atoms with Crippen molar-refractivity contribution >= 4 is 44.9 Å². The molecule has 1 saturated carbocycles. The fourth-order valence-corrected chi connectivity index (χ4v) is 6.41. The molecule has 1 saturated heterocycles. The second kappa shape index (κ2) is 9.19. The summed E-state index contributed by atoms with van der Waals surface area (Å²) in [5, 5.41) is 11.5. The van der Waals surface area contributed by atoms with E-state index >= 15 is 0 Å². The summed E-state index contributed by atoms with van der Waals surface area (Å²) < 4.78 is 26.7. The number of hydrogen-bond donors (Lipinski definition) is 2. The lowest BCUT2D eigenvalue weighted by atomic mass is 10.1. The molecule has 2 fully saturated rings. The van der Waals surface area contributed by atoms with Gasteiger partial charge in [-0.1, -0.05) is 47.5 Å². The first-order chi connectivity index (χ1) is 16.1. The third-order valence-corrected chi connectivity index (χ3v) is 9.13. The van der Waals surface area contributed by atoms with E-state index in [1.807, 2.05) is 0 Å². The number of nitrogens with two attached hydrogens (primary N) is 1. The van der Waals surface area contributed by atoms with Crippen LogP contribution in [0.15, 0.2) is 53.4 Å². The lowest BCUT2D eigenvalue weighted by molar-refractivity contribution is -0.139. The molecule has 0 spiro atoms. The normalized spacial score (nSPS) is 22.0. The van der Waals surface area contributed by atoms with Crippen LogP contribution in [-0.2, 0) is 19.4 Å². The number of nitriles is 1. The molecule has 0 bridgehead atoms. The van der Waals surface area contributed by atoms with Crippen LogP contribution < -0.4 is 11.1 Å². The van der Waals surface area contributed by atoms with Gasteiger partial charge in [0.1, 0.15) is 17.6 Å². The molecule has 178 valence electrons. The molecule has 34 heavy (non-hydrogen) atoms. The smallest absolute Gasteiger partial charge is 0.244 e. The second-order valence-corrected chi connectivity index (χ2v) is 11.6. The van der Waals surface area contributed by atoms with Gasteiger partial charge in [0, 0.05) is 11.6 Å². The van der Waals surface area contributed by atoms with Crippen molar-refractivity contribution in [3.05, 3.63) is 64.1 Å². The van der Waals surface area contributed by atoms with Crippen molar-refractivity contribution in [2.75, 3.05) is 6.54 Å². The molecule has 8 nitrogen and oxygen atoms in total. The van der Waals surface area contributed by atoms with Crippen LogP contribution >= 0.6 is 23.2 Å². The van der Waals surface area contributed by atoms with Gasteiger partial charge in [0.2, 0.25) is 11.8 Å². The van der Waals surface area contributed by atoms with Gasteiger partial charge in [-0.2, -0.15) is 5.26 Å². The van der Waals surface area contributed by atoms with Crippen LogP contribution in [0.4, 0.5) is 0 Å². The molecule has 1 aliphatic heterocycles. The Balaban J connectivity index is 1.65. The zero-order valence-electron chi connectivity index (χ0n) is 17.9. The van der Waals surface area contributed by atoms with E-state index in [-0.39, 0.29) is 22.9 Å². The number of nitrogens with one attached hydrogen (secondary N) is 1. The van der Waals surface area contributed by atoms with Gasteiger partial charge in [-0.05, 0) is 49.1 Å².